The fourth-order valence-corrected chi connectivity index (χ4v) is 3.03. The maximum absolute atomic E-state index is 10.7. The van der Waals surface area contributed by atoms with E-state index in [2.05, 4.69) is 23.3 Å². The Kier molecular flexibility index (Phi) is 18.1. The Bertz CT molecular complexity index is 391. The summed E-state index contributed by atoms with van der Waals surface area (Å²) in [6, 6.07) is 0. The Hall–Kier alpha value is -0.390. The van der Waals surface area contributed by atoms with Gasteiger partial charge < -0.3 is 4.74 Å². The van der Waals surface area contributed by atoms with Gasteiger partial charge in [-0.1, -0.05) is 76.9 Å². The van der Waals surface area contributed by atoms with E-state index in [4.69, 9.17) is 4.74 Å². The molecule has 0 aromatic heterocycles. The van der Waals surface area contributed by atoms with Gasteiger partial charge in [0, 0.05) is 6.61 Å². The maximum atomic E-state index is 10.7. The van der Waals surface area contributed by atoms with Crippen LogP contribution in [0.15, 0.2) is 12.2 Å². The minimum atomic E-state index is -3.31. The second-order valence-electron chi connectivity index (χ2n) is 6.72. The zero-order valence-corrected chi connectivity index (χ0v) is 17.3. The highest BCUT2D eigenvalue weighted by Crippen LogP contribution is 2.11. The van der Waals surface area contributed by atoms with Gasteiger partial charge in [-0.2, -0.15) is 8.42 Å². The van der Waals surface area contributed by atoms with Crippen molar-refractivity contribution in [3.05, 3.63) is 12.2 Å². The third-order valence-corrected chi connectivity index (χ3v) is 4.65. The molecule has 0 bridgehead atoms. The van der Waals surface area contributed by atoms with Crippen LogP contribution in [-0.2, 0) is 19.0 Å². The van der Waals surface area contributed by atoms with Crippen molar-refractivity contribution in [3.63, 3.8) is 0 Å². The normalized spacial score (nSPS) is 12.2. The fourth-order valence-electron chi connectivity index (χ4n) is 2.61. The van der Waals surface area contributed by atoms with Crippen LogP contribution in [0.2, 0.25) is 0 Å². The number of rotatable bonds is 19. The predicted octanol–water partition coefficient (Wildman–Crippen LogP) is 5.63. The summed E-state index contributed by atoms with van der Waals surface area (Å²) in [6.45, 7) is 3.70. The lowest BCUT2D eigenvalue weighted by molar-refractivity contribution is 0.124. The lowest BCUT2D eigenvalue weighted by Gasteiger charge is -2.02. The average molecular weight is 377 g/mol. The summed E-state index contributed by atoms with van der Waals surface area (Å²) in [5.41, 5.74) is 0. The van der Waals surface area contributed by atoms with Crippen LogP contribution in [0.25, 0.3) is 0 Å². The van der Waals surface area contributed by atoms with Crippen molar-refractivity contribution in [3.8, 4) is 0 Å². The zero-order valence-electron chi connectivity index (χ0n) is 16.5. The molecule has 0 saturated carbocycles. The van der Waals surface area contributed by atoms with E-state index in [0.717, 1.165) is 12.7 Å². The Morgan fingerprint density at radius 3 is 1.84 bits per heavy atom. The molecule has 0 fully saturated rings. The quantitative estimate of drug-likeness (QED) is 0.167. The van der Waals surface area contributed by atoms with Crippen LogP contribution in [-0.4, -0.2) is 34.5 Å². The van der Waals surface area contributed by atoms with Gasteiger partial charge in [-0.25, -0.2) is 0 Å². The largest absolute Gasteiger partial charge is 0.381 e. The molecule has 0 aliphatic carbocycles. The summed E-state index contributed by atoms with van der Waals surface area (Å²) in [6.07, 6.45) is 22.0. The number of ether oxygens (including phenoxy) is 1. The molecular formula is C20H40O4S. The van der Waals surface area contributed by atoms with Crippen LogP contribution >= 0.6 is 0 Å². The SMILES string of the molecule is CCCCCCCCCCCCC=CCCOCCCOS(C)(=O)=O. The fraction of sp³-hybridized carbons (Fsp3) is 0.900. The standard InChI is InChI=1S/C20H40O4S/c1-3-4-5-6-7-8-9-10-11-12-13-14-15-16-18-23-19-17-20-24-25(2,21)22/h14-15H,3-13,16-20H2,1-2H3. The van der Waals surface area contributed by atoms with Crippen LogP contribution in [0.1, 0.15) is 90.4 Å². The van der Waals surface area contributed by atoms with E-state index in [0.29, 0.717) is 19.6 Å². The molecule has 4 nitrogen and oxygen atoms in total. The van der Waals surface area contributed by atoms with Crippen molar-refractivity contribution in [2.75, 3.05) is 26.1 Å². The van der Waals surface area contributed by atoms with E-state index >= 15 is 0 Å². The van der Waals surface area contributed by atoms with Gasteiger partial charge in [0.2, 0.25) is 0 Å². The van der Waals surface area contributed by atoms with Gasteiger partial charge in [0.15, 0.2) is 0 Å². The molecule has 150 valence electrons. The first-order valence-electron chi connectivity index (χ1n) is 10.1. The highest BCUT2D eigenvalue weighted by atomic mass is 32.2. The predicted molar refractivity (Wildman–Crippen MR) is 106 cm³/mol. The van der Waals surface area contributed by atoms with Crippen LogP contribution in [0, 0.1) is 0 Å². The molecule has 0 aromatic rings. The topological polar surface area (TPSA) is 52.6 Å². The second-order valence-corrected chi connectivity index (χ2v) is 8.37. The van der Waals surface area contributed by atoms with E-state index in [-0.39, 0.29) is 6.61 Å². The number of allylic oxidation sites excluding steroid dienone is 1. The van der Waals surface area contributed by atoms with Crippen molar-refractivity contribution in [2.45, 2.75) is 90.4 Å². The first kappa shape index (κ1) is 24.6. The smallest absolute Gasteiger partial charge is 0.264 e. The Labute approximate surface area is 156 Å². The first-order chi connectivity index (χ1) is 12.1. The van der Waals surface area contributed by atoms with Crippen molar-refractivity contribution in [2.24, 2.45) is 0 Å². The van der Waals surface area contributed by atoms with E-state index in [1.165, 1.54) is 70.6 Å². The molecule has 0 radical (unpaired) electrons. The number of unbranched alkanes of at least 4 members (excludes halogenated alkanes) is 10. The van der Waals surface area contributed by atoms with Gasteiger partial charge in [0.05, 0.1) is 19.5 Å². The molecule has 25 heavy (non-hydrogen) atoms. The van der Waals surface area contributed by atoms with Gasteiger partial charge in [0.1, 0.15) is 0 Å². The lowest BCUT2D eigenvalue weighted by atomic mass is 10.1. The van der Waals surface area contributed by atoms with Gasteiger partial charge in [-0.05, 0) is 25.7 Å². The summed E-state index contributed by atoms with van der Waals surface area (Å²) in [7, 11) is -3.31. The summed E-state index contributed by atoms with van der Waals surface area (Å²) < 4.78 is 31.5. The molecule has 0 aliphatic rings. The zero-order chi connectivity index (χ0) is 18.6. The Balaban J connectivity index is 3.13. The molecule has 0 aromatic carbocycles. The molecule has 0 N–H and O–H groups in total. The maximum Gasteiger partial charge on any atom is 0.264 e. The Morgan fingerprint density at radius 1 is 0.680 bits per heavy atom. The van der Waals surface area contributed by atoms with E-state index in [9.17, 15) is 8.42 Å². The van der Waals surface area contributed by atoms with Crippen molar-refractivity contribution < 1.29 is 17.3 Å². The molecule has 0 atom stereocenters. The van der Waals surface area contributed by atoms with Crippen LogP contribution < -0.4 is 0 Å². The van der Waals surface area contributed by atoms with E-state index < -0.39 is 10.1 Å². The summed E-state index contributed by atoms with van der Waals surface area (Å²) in [5.74, 6) is 0. The molecule has 0 heterocycles. The van der Waals surface area contributed by atoms with Crippen molar-refractivity contribution in [1.82, 2.24) is 0 Å². The monoisotopic (exact) mass is 376 g/mol. The third kappa shape index (κ3) is 23.6. The summed E-state index contributed by atoms with van der Waals surface area (Å²) in [4.78, 5) is 0. The molecule has 0 saturated heterocycles. The van der Waals surface area contributed by atoms with E-state index in [1.54, 1.807) is 0 Å². The van der Waals surface area contributed by atoms with Crippen LogP contribution in [0.5, 0.6) is 0 Å². The number of hydrogen-bond donors (Lipinski definition) is 0. The molecule has 0 amide bonds. The second kappa shape index (κ2) is 18.4. The third-order valence-electron chi connectivity index (χ3n) is 4.05. The van der Waals surface area contributed by atoms with Gasteiger partial charge >= 0.3 is 0 Å². The highest BCUT2D eigenvalue weighted by molar-refractivity contribution is 7.85. The molecule has 0 spiro atoms. The molecule has 0 rings (SSSR count). The van der Waals surface area contributed by atoms with Crippen molar-refractivity contribution in [1.29, 1.82) is 0 Å². The lowest BCUT2D eigenvalue weighted by Crippen LogP contribution is -2.06. The van der Waals surface area contributed by atoms with Gasteiger partial charge in [0.25, 0.3) is 10.1 Å². The van der Waals surface area contributed by atoms with Crippen LogP contribution in [0.4, 0.5) is 0 Å². The molecule has 0 unspecified atom stereocenters. The highest BCUT2D eigenvalue weighted by Gasteiger charge is 1.99. The summed E-state index contributed by atoms with van der Waals surface area (Å²) >= 11 is 0. The summed E-state index contributed by atoms with van der Waals surface area (Å²) in [5, 5.41) is 0. The van der Waals surface area contributed by atoms with E-state index in [1.807, 2.05) is 0 Å². The Morgan fingerprint density at radius 2 is 1.24 bits per heavy atom. The minimum absolute atomic E-state index is 0.202. The molecular weight excluding hydrogens is 336 g/mol. The van der Waals surface area contributed by atoms with Crippen molar-refractivity contribution >= 4 is 10.1 Å². The number of hydrogen-bond acceptors (Lipinski definition) is 4. The molecule has 5 heteroatoms. The van der Waals surface area contributed by atoms with Crippen LogP contribution in [0.3, 0.4) is 0 Å². The van der Waals surface area contributed by atoms with Gasteiger partial charge in [-0.3, -0.25) is 4.18 Å². The average Bonchev–Trinajstić information content (AvgIpc) is 2.56. The molecule has 0 aliphatic heterocycles. The minimum Gasteiger partial charge on any atom is -0.381 e. The van der Waals surface area contributed by atoms with Gasteiger partial charge in [-0.15, -0.1) is 0 Å². The first-order valence-corrected chi connectivity index (χ1v) is 11.9.